The monoisotopic (exact) mass is 278 g/mol. The van der Waals surface area contributed by atoms with Gasteiger partial charge in [-0.1, -0.05) is 20.8 Å². The Morgan fingerprint density at radius 1 is 1.37 bits per heavy atom. The molecule has 1 heterocycles. The number of hydrogen-bond donors (Lipinski definition) is 1. The van der Waals surface area contributed by atoms with E-state index < -0.39 is 5.41 Å². The van der Waals surface area contributed by atoms with E-state index in [4.69, 9.17) is 0 Å². The van der Waals surface area contributed by atoms with Gasteiger partial charge in [-0.15, -0.1) is 11.3 Å². The van der Waals surface area contributed by atoms with Crippen molar-refractivity contribution in [2.75, 3.05) is 5.32 Å². The topological polar surface area (TPSA) is 59.1 Å². The van der Waals surface area contributed by atoms with Crippen LogP contribution in [0.5, 0.6) is 0 Å². The first-order valence-corrected chi connectivity index (χ1v) is 7.46. The molecular formula is C14H18N2O2S. The van der Waals surface area contributed by atoms with Gasteiger partial charge in [0.05, 0.1) is 5.41 Å². The maximum absolute atomic E-state index is 12.7. The molecule has 2 atom stereocenters. The van der Waals surface area contributed by atoms with Crippen molar-refractivity contribution in [3.8, 4) is 0 Å². The zero-order valence-electron chi connectivity index (χ0n) is 11.4. The number of carbonyl (C=O) groups excluding carboxylic acids is 2. The number of Topliss-reactive ketones (excluding diaryl/α,β-unsaturated/α-hetero) is 1. The molecule has 0 aliphatic heterocycles. The lowest BCUT2D eigenvalue weighted by molar-refractivity contribution is -0.131. The Morgan fingerprint density at radius 3 is 2.58 bits per heavy atom. The van der Waals surface area contributed by atoms with E-state index in [1.165, 1.54) is 11.3 Å². The second kappa shape index (κ2) is 3.66. The van der Waals surface area contributed by atoms with Gasteiger partial charge in [-0.3, -0.25) is 9.59 Å². The molecule has 2 bridgehead atoms. The van der Waals surface area contributed by atoms with Gasteiger partial charge in [0.15, 0.2) is 5.13 Å². The van der Waals surface area contributed by atoms with Crippen LogP contribution in [0.3, 0.4) is 0 Å². The summed E-state index contributed by atoms with van der Waals surface area (Å²) in [6.07, 6.45) is 3.64. The molecule has 0 aromatic carbocycles. The molecule has 4 nitrogen and oxygen atoms in total. The predicted molar refractivity (Wildman–Crippen MR) is 73.9 cm³/mol. The lowest BCUT2D eigenvalue weighted by Crippen LogP contribution is -2.43. The lowest BCUT2D eigenvalue weighted by atomic mass is 9.64. The number of hydrogen-bond acceptors (Lipinski definition) is 4. The third-order valence-electron chi connectivity index (χ3n) is 5.79. The largest absolute Gasteiger partial charge is 0.301 e. The molecule has 5 heteroatoms. The average Bonchev–Trinajstić information content (AvgIpc) is 2.94. The summed E-state index contributed by atoms with van der Waals surface area (Å²) < 4.78 is 0. The van der Waals surface area contributed by atoms with E-state index in [9.17, 15) is 9.59 Å². The van der Waals surface area contributed by atoms with Crippen LogP contribution in [-0.2, 0) is 9.59 Å². The molecule has 2 unspecified atom stereocenters. The fourth-order valence-corrected chi connectivity index (χ4v) is 4.39. The number of carbonyl (C=O) groups is 2. The van der Waals surface area contributed by atoms with Gasteiger partial charge in [0.1, 0.15) is 5.78 Å². The van der Waals surface area contributed by atoms with E-state index in [0.717, 1.165) is 12.8 Å². The van der Waals surface area contributed by atoms with E-state index in [2.05, 4.69) is 24.1 Å². The van der Waals surface area contributed by atoms with Crippen molar-refractivity contribution in [1.82, 2.24) is 4.98 Å². The molecule has 1 N–H and O–H groups in total. The second-order valence-corrected chi connectivity index (χ2v) is 7.33. The minimum absolute atomic E-state index is 0.0398. The van der Waals surface area contributed by atoms with E-state index in [1.807, 2.05) is 12.3 Å². The van der Waals surface area contributed by atoms with Gasteiger partial charge in [0.25, 0.3) is 0 Å². The Labute approximate surface area is 116 Å². The SMILES string of the molecule is CC12CCC(C(=O)Nc3nccs3)(CC1=O)C2(C)C. The normalized spacial score (nSPS) is 35.6. The Bertz CT molecular complexity index is 552. The van der Waals surface area contributed by atoms with Crippen LogP contribution in [0.25, 0.3) is 0 Å². The Morgan fingerprint density at radius 2 is 2.11 bits per heavy atom. The number of nitrogens with zero attached hydrogens (tertiary/aromatic N) is 1. The minimum atomic E-state index is -0.565. The van der Waals surface area contributed by atoms with Gasteiger partial charge in [-0.25, -0.2) is 4.98 Å². The predicted octanol–water partition coefficient (Wildman–Crippen LogP) is 2.87. The maximum atomic E-state index is 12.7. The highest BCUT2D eigenvalue weighted by molar-refractivity contribution is 7.13. The molecule has 102 valence electrons. The first-order chi connectivity index (χ1) is 8.83. The summed E-state index contributed by atoms with van der Waals surface area (Å²) in [5, 5.41) is 5.34. The number of anilines is 1. The van der Waals surface area contributed by atoms with Crippen molar-refractivity contribution in [3.63, 3.8) is 0 Å². The molecule has 0 saturated heterocycles. The molecule has 2 fully saturated rings. The summed E-state index contributed by atoms with van der Waals surface area (Å²) in [6, 6.07) is 0. The zero-order chi connectivity index (χ0) is 13.9. The molecule has 19 heavy (non-hydrogen) atoms. The molecule has 1 aromatic heterocycles. The fraction of sp³-hybridized carbons (Fsp3) is 0.643. The summed E-state index contributed by atoms with van der Waals surface area (Å²) in [6.45, 7) is 6.14. The summed E-state index contributed by atoms with van der Waals surface area (Å²) >= 11 is 1.40. The smallest absolute Gasteiger partial charge is 0.233 e. The Hall–Kier alpha value is -1.23. The van der Waals surface area contributed by atoms with Crippen LogP contribution in [-0.4, -0.2) is 16.7 Å². The number of rotatable bonds is 2. The average molecular weight is 278 g/mol. The second-order valence-electron chi connectivity index (χ2n) is 6.43. The Balaban J connectivity index is 1.96. The summed E-state index contributed by atoms with van der Waals surface area (Å²) in [5.74, 6) is 0.195. The highest BCUT2D eigenvalue weighted by Crippen LogP contribution is 2.70. The van der Waals surface area contributed by atoms with Crippen LogP contribution >= 0.6 is 11.3 Å². The molecule has 0 radical (unpaired) electrons. The van der Waals surface area contributed by atoms with Crippen LogP contribution in [0.15, 0.2) is 11.6 Å². The fourth-order valence-electron chi connectivity index (χ4n) is 3.86. The summed E-state index contributed by atoms with van der Waals surface area (Å²) in [4.78, 5) is 29.1. The van der Waals surface area contributed by atoms with E-state index in [1.54, 1.807) is 6.20 Å². The van der Waals surface area contributed by atoms with Crippen molar-refractivity contribution in [2.24, 2.45) is 16.2 Å². The highest BCUT2D eigenvalue weighted by Gasteiger charge is 2.72. The number of thiazole rings is 1. The van der Waals surface area contributed by atoms with Crippen molar-refractivity contribution in [3.05, 3.63) is 11.6 Å². The van der Waals surface area contributed by atoms with Crippen molar-refractivity contribution in [2.45, 2.75) is 40.0 Å². The lowest BCUT2D eigenvalue weighted by Gasteiger charge is -2.38. The van der Waals surface area contributed by atoms with E-state index in [0.29, 0.717) is 11.6 Å². The number of fused-ring (bicyclic) bond motifs is 2. The van der Waals surface area contributed by atoms with Crippen LogP contribution in [0.4, 0.5) is 5.13 Å². The van der Waals surface area contributed by atoms with Crippen LogP contribution < -0.4 is 5.32 Å². The third kappa shape index (κ3) is 1.37. The molecule has 2 aliphatic carbocycles. The van der Waals surface area contributed by atoms with Crippen molar-refractivity contribution >= 4 is 28.2 Å². The molecule has 1 aromatic rings. The van der Waals surface area contributed by atoms with Crippen molar-refractivity contribution < 1.29 is 9.59 Å². The first kappa shape index (κ1) is 12.8. The first-order valence-electron chi connectivity index (χ1n) is 6.58. The summed E-state index contributed by atoms with van der Waals surface area (Å²) in [5.41, 5.74) is -1.21. The standard InChI is InChI=1S/C14H18N2O2S/c1-12(2)13(3)4-5-14(12,8-9(13)17)10(18)16-11-15-6-7-19-11/h6-7H,4-5,8H2,1-3H3,(H,15,16,18). The highest BCUT2D eigenvalue weighted by atomic mass is 32.1. The summed E-state index contributed by atoms with van der Waals surface area (Å²) in [7, 11) is 0. The third-order valence-corrected chi connectivity index (χ3v) is 6.48. The molecule has 2 aliphatic rings. The van der Waals surface area contributed by atoms with Crippen LogP contribution in [0.1, 0.15) is 40.0 Å². The molecular weight excluding hydrogens is 260 g/mol. The van der Waals surface area contributed by atoms with Gasteiger partial charge in [0, 0.05) is 23.4 Å². The van der Waals surface area contributed by atoms with Crippen LogP contribution in [0.2, 0.25) is 0 Å². The van der Waals surface area contributed by atoms with Gasteiger partial charge in [-0.2, -0.15) is 0 Å². The minimum Gasteiger partial charge on any atom is -0.301 e. The van der Waals surface area contributed by atoms with E-state index >= 15 is 0 Å². The number of aromatic nitrogens is 1. The number of ketones is 1. The molecule has 3 rings (SSSR count). The van der Waals surface area contributed by atoms with Gasteiger partial charge in [0.2, 0.25) is 5.91 Å². The zero-order valence-corrected chi connectivity index (χ0v) is 12.3. The van der Waals surface area contributed by atoms with Crippen LogP contribution in [0, 0.1) is 16.2 Å². The maximum Gasteiger partial charge on any atom is 0.233 e. The molecule has 1 amide bonds. The Kier molecular flexibility index (Phi) is 2.46. The number of nitrogens with one attached hydrogen (secondary N) is 1. The molecule has 0 spiro atoms. The molecule has 2 saturated carbocycles. The van der Waals surface area contributed by atoms with E-state index in [-0.39, 0.29) is 22.5 Å². The van der Waals surface area contributed by atoms with Crippen molar-refractivity contribution in [1.29, 1.82) is 0 Å². The number of amides is 1. The van der Waals surface area contributed by atoms with Gasteiger partial charge >= 0.3 is 0 Å². The van der Waals surface area contributed by atoms with Gasteiger partial charge < -0.3 is 5.32 Å². The van der Waals surface area contributed by atoms with Gasteiger partial charge in [-0.05, 0) is 18.3 Å². The quantitative estimate of drug-likeness (QED) is 0.905.